The van der Waals surface area contributed by atoms with Crippen LogP contribution in [0.25, 0.3) is 0 Å². The van der Waals surface area contributed by atoms with Crippen molar-refractivity contribution in [1.82, 2.24) is 9.55 Å². The molecule has 1 aliphatic rings. The Morgan fingerprint density at radius 3 is 3.00 bits per heavy atom. The first-order valence-corrected chi connectivity index (χ1v) is 6.26. The van der Waals surface area contributed by atoms with E-state index in [1.807, 2.05) is 36.8 Å². The third-order valence-corrected chi connectivity index (χ3v) is 3.25. The Labute approximate surface area is 107 Å². The van der Waals surface area contributed by atoms with Gasteiger partial charge in [-0.25, -0.2) is 4.98 Å². The van der Waals surface area contributed by atoms with E-state index in [-0.39, 0.29) is 0 Å². The van der Waals surface area contributed by atoms with Crippen molar-refractivity contribution >= 4 is 5.69 Å². The molecule has 4 heteroatoms. The van der Waals surface area contributed by atoms with Crippen LogP contribution in [0.4, 0.5) is 5.69 Å². The van der Waals surface area contributed by atoms with Gasteiger partial charge in [0.25, 0.3) is 0 Å². The van der Waals surface area contributed by atoms with E-state index in [9.17, 15) is 0 Å². The Kier molecular flexibility index (Phi) is 2.92. The number of aromatic nitrogens is 2. The highest BCUT2D eigenvalue weighted by Crippen LogP contribution is 2.35. The van der Waals surface area contributed by atoms with Gasteiger partial charge in [0, 0.05) is 12.2 Å². The standard InChI is InChI=1S/C14H17N3O/c1-18-14-5-3-2-4-13(14)16-9-12-8-15-10-17(12)11-6-7-11/h2-5,8,10-11,16H,6-7,9H2,1H3. The van der Waals surface area contributed by atoms with Gasteiger partial charge in [0.2, 0.25) is 0 Å². The van der Waals surface area contributed by atoms with E-state index in [2.05, 4.69) is 14.9 Å². The van der Waals surface area contributed by atoms with Crippen molar-refractivity contribution in [3.8, 4) is 5.75 Å². The van der Waals surface area contributed by atoms with Crippen LogP contribution in [0.1, 0.15) is 24.6 Å². The van der Waals surface area contributed by atoms with E-state index < -0.39 is 0 Å². The fraction of sp³-hybridized carbons (Fsp3) is 0.357. The fourth-order valence-corrected chi connectivity index (χ4v) is 2.13. The summed E-state index contributed by atoms with van der Waals surface area (Å²) < 4.78 is 7.59. The Hall–Kier alpha value is -1.97. The van der Waals surface area contributed by atoms with E-state index in [0.29, 0.717) is 6.04 Å². The molecule has 1 aromatic carbocycles. The second-order valence-corrected chi connectivity index (χ2v) is 4.58. The molecular formula is C14H17N3O. The average molecular weight is 243 g/mol. The average Bonchev–Trinajstić information content (AvgIpc) is 3.16. The monoisotopic (exact) mass is 243 g/mol. The molecule has 1 N–H and O–H groups in total. The number of ether oxygens (including phenoxy) is 1. The molecule has 1 aromatic heterocycles. The van der Waals surface area contributed by atoms with Crippen molar-refractivity contribution in [3.05, 3.63) is 42.5 Å². The molecule has 2 aromatic rings. The van der Waals surface area contributed by atoms with Crippen molar-refractivity contribution in [2.45, 2.75) is 25.4 Å². The molecule has 1 aliphatic carbocycles. The van der Waals surface area contributed by atoms with Crippen molar-refractivity contribution in [3.63, 3.8) is 0 Å². The number of nitrogens with one attached hydrogen (secondary N) is 1. The van der Waals surface area contributed by atoms with E-state index in [4.69, 9.17) is 4.74 Å². The first-order chi connectivity index (χ1) is 8.88. The van der Waals surface area contributed by atoms with Gasteiger partial charge >= 0.3 is 0 Å². The second-order valence-electron chi connectivity index (χ2n) is 4.58. The van der Waals surface area contributed by atoms with Gasteiger partial charge in [-0.3, -0.25) is 0 Å². The number of rotatable bonds is 5. The third-order valence-electron chi connectivity index (χ3n) is 3.25. The van der Waals surface area contributed by atoms with Crippen molar-refractivity contribution in [2.24, 2.45) is 0 Å². The van der Waals surface area contributed by atoms with Gasteiger partial charge in [-0.05, 0) is 25.0 Å². The van der Waals surface area contributed by atoms with Crippen LogP contribution in [0.2, 0.25) is 0 Å². The number of hydrogen-bond donors (Lipinski definition) is 1. The van der Waals surface area contributed by atoms with Crippen LogP contribution >= 0.6 is 0 Å². The van der Waals surface area contributed by atoms with Crippen molar-refractivity contribution < 1.29 is 4.74 Å². The molecule has 3 rings (SSSR count). The molecule has 0 aliphatic heterocycles. The summed E-state index contributed by atoms with van der Waals surface area (Å²) in [6.07, 6.45) is 6.41. The van der Waals surface area contributed by atoms with E-state index in [1.54, 1.807) is 7.11 Å². The first-order valence-electron chi connectivity index (χ1n) is 6.26. The quantitative estimate of drug-likeness (QED) is 0.877. The molecule has 94 valence electrons. The zero-order valence-corrected chi connectivity index (χ0v) is 10.5. The smallest absolute Gasteiger partial charge is 0.141 e. The van der Waals surface area contributed by atoms with Gasteiger partial charge < -0.3 is 14.6 Å². The predicted molar refractivity (Wildman–Crippen MR) is 70.8 cm³/mol. The molecule has 1 saturated carbocycles. The summed E-state index contributed by atoms with van der Waals surface area (Å²) >= 11 is 0. The SMILES string of the molecule is COc1ccccc1NCc1cncn1C1CC1. The lowest BCUT2D eigenvalue weighted by Crippen LogP contribution is -2.06. The van der Waals surface area contributed by atoms with Gasteiger partial charge in [-0.2, -0.15) is 0 Å². The molecule has 0 unspecified atom stereocenters. The summed E-state index contributed by atoms with van der Waals surface area (Å²) in [4.78, 5) is 4.23. The van der Waals surface area contributed by atoms with Crippen LogP contribution in [-0.4, -0.2) is 16.7 Å². The summed E-state index contributed by atoms with van der Waals surface area (Å²) in [7, 11) is 1.69. The lowest BCUT2D eigenvalue weighted by molar-refractivity contribution is 0.416. The lowest BCUT2D eigenvalue weighted by atomic mass is 10.3. The number of hydrogen-bond acceptors (Lipinski definition) is 3. The molecule has 0 saturated heterocycles. The minimum absolute atomic E-state index is 0.668. The van der Waals surface area contributed by atoms with Gasteiger partial charge in [-0.15, -0.1) is 0 Å². The van der Waals surface area contributed by atoms with Crippen LogP contribution in [0, 0.1) is 0 Å². The highest BCUT2D eigenvalue weighted by molar-refractivity contribution is 5.56. The maximum Gasteiger partial charge on any atom is 0.141 e. The number of imidazole rings is 1. The van der Waals surface area contributed by atoms with E-state index in [1.165, 1.54) is 18.5 Å². The molecule has 18 heavy (non-hydrogen) atoms. The molecule has 0 radical (unpaired) electrons. The minimum atomic E-state index is 0.668. The van der Waals surface area contributed by atoms with Crippen molar-refractivity contribution in [2.75, 3.05) is 12.4 Å². The topological polar surface area (TPSA) is 39.1 Å². The van der Waals surface area contributed by atoms with Crippen LogP contribution < -0.4 is 10.1 Å². The number of methoxy groups -OCH3 is 1. The Morgan fingerprint density at radius 2 is 2.22 bits per heavy atom. The fourth-order valence-electron chi connectivity index (χ4n) is 2.13. The molecule has 0 atom stereocenters. The predicted octanol–water partition coefficient (Wildman–Crippen LogP) is 2.84. The number of benzene rings is 1. The zero-order valence-electron chi connectivity index (χ0n) is 10.5. The van der Waals surface area contributed by atoms with Crippen LogP contribution in [-0.2, 0) is 6.54 Å². The van der Waals surface area contributed by atoms with Crippen LogP contribution in [0.15, 0.2) is 36.8 Å². The Morgan fingerprint density at radius 1 is 1.39 bits per heavy atom. The molecule has 0 bridgehead atoms. The second kappa shape index (κ2) is 4.72. The van der Waals surface area contributed by atoms with Gasteiger partial charge in [0.1, 0.15) is 5.75 Å². The third kappa shape index (κ3) is 2.18. The van der Waals surface area contributed by atoms with E-state index in [0.717, 1.165) is 18.0 Å². The first kappa shape index (κ1) is 11.1. The van der Waals surface area contributed by atoms with Crippen LogP contribution in [0.5, 0.6) is 5.75 Å². The number of nitrogens with zero attached hydrogens (tertiary/aromatic N) is 2. The molecule has 1 fully saturated rings. The summed E-state index contributed by atoms with van der Waals surface area (Å²) in [6.45, 7) is 0.775. The summed E-state index contributed by atoms with van der Waals surface area (Å²) in [6, 6.07) is 8.63. The maximum absolute atomic E-state index is 5.32. The summed E-state index contributed by atoms with van der Waals surface area (Å²) in [5, 5.41) is 3.40. The molecule has 0 spiro atoms. The number of para-hydroxylation sites is 2. The van der Waals surface area contributed by atoms with Crippen molar-refractivity contribution in [1.29, 1.82) is 0 Å². The summed E-state index contributed by atoms with van der Waals surface area (Å²) in [5.41, 5.74) is 2.24. The minimum Gasteiger partial charge on any atom is -0.495 e. The van der Waals surface area contributed by atoms with Gasteiger partial charge in [0.05, 0.1) is 31.4 Å². The Bertz CT molecular complexity index is 531. The molecule has 1 heterocycles. The molecule has 4 nitrogen and oxygen atoms in total. The molecule has 0 amide bonds. The highest BCUT2D eigenvalue weighted by Gasteiger charge is 2.24. The maximum atomic E-state index is 5.32. The highest BCUT2D eigenvalue weighted by atomic mass is 16.5. The Balaban J connectivity index is 1.71. The molecular weight excluding hydrogens is 226 g/mol. The van der Waals surface area contributed by atoms with Gasteiger partial charge in [-0.1, -0.05) is 12.1 Å². The normalized spacial score (nSPS) is 14.5. The lowest BCUT2D eigenvalue weighted by Gasteiger charge is -2.12. The number of anilines is 1. The van der Waals surface area contributed by atoms with Crippen LogP contribution in [0.3, 0.4) is 0 Å². The van der Waals surface area contributed by atoms with E-state index >= 15 is 0 Å². The summed E-state index contributed by atoms with van der Waals surface area (Å²) in [5.74, 6) is 0.870. The van der Waals surface area contributed by atoms with Gasteiger partial charge in [0.15, 0.2) is 0 Å². The largest absolute Gasteiger partial charge is 0.495 e. The zero-order chi connectivity index (χ0) is 12.4.